The maximum absolute atomic E-state index is 5.84. The van der Waals surface area contributed by atoms with Crippen LogP contribution >= 0.6 is 0 Å². The molecule has 2 fully saturated rings. The molecule has 0 bridgehead atoms. The largest absolute Gasteiger partial charge is 0.516 e. The maximum Gasteiger partial charge on any atom is 0.516 e. The third-order valence-electron chi connectivity index (χ3n) is 5.06. The van der Waals surface area contributed by atoms with E-state index in [0.29, 0.717) is 18.0 Å². The average molecular weight is 301 g/mol. The number of hydrogen-bond donors (Lipinski definition) is 2. The SMILES string of the molecule is CO[Si](NC1CCCCC1)(NC1CCCCC1C)OC. The lowest BCUT2D eigenvalue weighted by Crippen LogP contribution is -2.71. The van der Waals surface area contributed by atoms with Crippen LogP contribution in [0.5, 0.6) is 0 Å². The van der Waals surface area contributed by atoms with Gasteiger partial charge >= 0.3 is 8.88 Å². The number of rotatable bonds is 6. The quantitative estimate of drug-likeness (QED) is 0.740. The van der Waals surface area contributed by atoms with Gasteiger partial charge < -0.3 is 8.85 Å². The first-order valence-electron chi connectivity index (χ1n) is 8.35. The van der Waals surface area contributed by atoms with Crippen LogP contribution in [-0.4, -0.2) is 35.2 Å². The molecule has 2 rings (SSSR count). The Morgan fingerprint density at radius 2 is 1.40 bits per heavy atom. The van der Waals surface area contributed by atoms with E-state index in [9.17, 15) is 0 Å². The fourth-order valence-electron chi connectivity index (χ4n) is 3.65. The molecule has 2 aliphatic rings. The van der Waals surface area contributed by atoms with E-state index in [1.807, 2.05) is 0 Å². The van der Waals surface area contributed by atoms with Crippen molar-refractivity contribution >= 4 is 8.88 Å². The summed E-state index contributed by atoms with van der Waals surface area (Å²) in [7, 11) is 1.11. The van der Waals surface area contributed by atoms with Crippen LogP contribution in [0.3, 0.4) is 0 Å². The second-order valence-corrected chi connectivity index (χ2v) is 9.14. The Balaban J connectivity index is 1.95. The van der Waals surface area contributed by atoms with E-state index >= 15 is 0 Å². The summed E-state index contributed by atoms with van der Waals surface area (Å²) in [6.07, 6.45) is 11.8. The van der Waals surface area contributed by atoms with Crippen molar-refractivity contribution in [3.8, 4) is 0 Å². The molecule has 0 aromatic carbocycles. The second kappa shape index (κ2) is 7.89. The summed E-state index contributed by atoms with van der Waals surface area (Å²) < 4.78 is 11.7. The van der Waals surface area contributed by atoms with Crippen molar-refractivity contribution in [3.05, 3.63) is 0 Å². The van der Waals surface area contributed by atoms with Crippen molar-refractivity contribution in [3.63, 3.8) is 0 Å². The Bertz CT molecular complexity index is 281. The third kappa shape index (κ3) is 4.27. The molecular weight excluding hydrogens is 268 g/mol. The minimum atomic E-state index is -2.46. The monoisotopic (exact) mass is 300 g/mol. The highest BCUT2D eigenvalue weighted by atomic mass is 28.4. The van der Waals surface area contributed by atoms with E-state index in [1.54, 1.807) is 14.2 Å². The Kier molecular flexibility index (Phi) is 6.48. The third-order valence-corrected chi connectivity index (χ3v) is 7.75. The molecule has 20 heavy (non-hydrogen) atoms. The van der Waals surface area contributed by atoms with Gasteiger partial charge in [-0.15, -0.1) is 0 Å². The highest BCUT2D eigenvalue weighted by Crippen LogP contribution is 2.25. The smallest absolute Gasteiger partial charge is 0.374 e. The molecule has 0 heterocycles. The first-order valence-corrected chi connectivity index (χ1v) is 10.2. The zero-order valence-electron chi connectivity index (χ0n) is 13.4. The standard InChI is InChI=1S/C15H32N2O2Si/c1-13-9-7-8-12-15(13)17-20(18-2,19-3)16-14-10-5-4-6-11-14/h13-17H,4-12H2,1-3H3. The Hall–Kier alpha value is 0.0569. The zero-order valence-corrected chi connectivity index (χ0v) is 14.4. The summed E-state index contributed by atoms with van der Waals surface area (Å²) in [5.41, 5.74) is 0. The Labute approximate surface area is 125 Å². The molecule has 2 aliphatic carbocycles. The molecule has 0 radical (unpaired) electrons. The molecule has 0 aliphatic heterocycles. The summed E-state index contributed by atoms with van der Waals surface area (Å²) in [4.78, 5) is 7.47. The summed E-state index contributed by atoms with van der Waals surface area (Å²) in [5.74, 6) is 0.717. The minimum Gasteiger partial charge on any atom is -0.374 e. The van der Waals surface area contributed by atoms with Crippen LogP contribution in [-0.2, 0) is 8.85 Å². The molecular formula is C15H32N2O2Si. The van der Waals surface area contributed by atoms with Crippen LogP contribution in [0.4, 0.5) is 0 Å². The first kappa shape index (κ1) is 16.4. The summed E-state index contributed by atoms with van der Waals surface area (Å²) in [5, 5.41) is 0. The van der Waals surface area contributed by atoms with Crippen LogP contribution in [0, 0.1) is 5.92 Å². The molecule has 2 saturated carbocycles. The fraction of sp³-hybridized carbons (Fsp3) is 1.00. The molecule has 2 atom stereocenters. The fourth-order valence-corrected chi connectivity index (χ4v) is 6.12. The Morgan fingerprint density at radius 1 is 0.800 bits per heavy atom. The number of hydrogen-bond acceptors (Lipinski definition) is 4. The average Bonchev–Trinajstić information content (AvgIpc) is 2.50. The van der Waals surface area contributed by atoms with Crippen molar-refractivity contribution < 1.29 is 8.85 Å². The van der Waals surface area contributed by atoms with E-state index < -0.39 is 8.88 Å². The van der Waals surface area contributed by atoms with Gasteiger partial charge in [0.1, 0.15) is 0 Å². The topological polar surface area (TPSA) is 42.5 Å². The molecule has 0 amide bonds. The predicted octanol–water partition coefficient (Wildman–Crippen LogP) is 2.81. The highest BCUT2D eigenvalue weighted by Gasteiger charge is 2.43. The van der Waals surface area contributed by atoms with Gasteiger partial charge in [-0.3, -0.25) is 9.96 Å². The molecule has 118 valence electrons. The lowest BCUT2D eigenvalue weighted by Gasteiger charge is -2.39. The lowest BCUT2D eigenvalue weighted by atomic mass is 9.87. The van der Waals surface area contributed by atoms with Crippen LogP contribution in [0.1, 0.15) is 64.7 Å². The minimum absolute atomic E-state index is 0.534. The van der Waals surface area contributed by atoms with Gasteiger partial charge in [-0.05, 0) is 31.6 Å². The van der Waals surface area contributed by atoms with Crippen molar-refractivity contribution in [2.45, 2.75) is 76.8 Å². The maximum atomic E-state index is 5.84. The zero-order chi connectivity index (χ0) is 14.4. The van der Waals surface area contributed by atoms with Gasteiger partial charge in [-0.25, -0.2) is 0 Å². The van der Waals surface area contributed by atoms with Crippen molar-refractivity contribution in [2.75, 3.05) is 14.2 Å². The molecule has 5 heteroatoms. The van der Waals surface area contributed by atoms with Gasteiger partial charge in [0.05, 0.1) is 0 Å². The van der Waals surface area contributed by atoms with Crippen LogP contribution in [0.2, 0.25) is 0 Å². The Morgan fingerprint density at radius 3 is 2.00 bits per heavy atom. The first-order chi connectivity index (χ1) is 9.69. The summed E-state index contributed by atoms with van der Waals surface area (Å²) >= 11 is 0. The van der Waals surface area contributed by atoms with E-state index in [2.05, 4.69) is 16.9 Å². The van der Waals surface area contributed by atoms with E-state index in [1.165, 1.54) is 57.8 Å². The molecule has 2 unspecified atom stereocenters. The predicted molar refractivity (Wildman–Crippen MR) is 84.3 cm³/mol. The molecule has 2 N–H and O–H groups in total. The van der Waals surface area contributed by atoms with Crippen LogP contribution in [0.25, 0.3) is 0 Å². The van der Waals surface area contributed by atoms with Gasteiger partial charge in [0.25, 0.3) is 0 Å². The molecule has 0 aromatic rings. The second-order valence-electron chi connectivity index (χ2n) is 6.52. The molecule has 0 spiro atoms. The summed E-state index contributed by atoms with van der Waals surface area (Å²) in [6.45, 7) is 2.35. The van der Waals surface area contributed by atoms with Crippen molar-refractivity contribution in [1.29, 1.82) is 0 Å². The molecule has 0 saturated heterocycles. The lowest BCUT2D eigenvalue weighted by molar-refractivity contribution is 0.178. The van der Waals surface area contributed by atoms with E-state index in [4.69, 9.17) is 8.85 Å². The normalized spacial score (nSPS) is 29.6. The van der Waals surface area contributed by atoms with E-state index in [0.717, 1.165) is 0 Å². The van der Waals surface area contributed by atoms with Gasteiger partial charge in [-0.1, -0.05) is 39.0 Å². The molecule has 4 nitrogen and oxygen atoms in total. The van der Waals surface area contributed by atoms with Crippen LogP contribution in [0.15, 0.2) is 0 Å². The van der Waals surface area contributed by atoms with Crippen LogP contribution < -0.4 is 9.96 Å². The molecule has 0 aromatic heterocycles. The van der Waals surface area contributed by atoms with Crippen molar-refractivity contribution in [1.82, 2.24) is 9.96 Å². The van der Waals surface area contributed by atoms with Gasteiger partial charge in [0.15, 0.2) is 0 Å². The van der Waals surface area contributed by atoms with Gasteiger partial charge in [0.2, 0.25) is 0 Å². The van der Waals surface area contributed by atoms with Crippen molar-refractivity contribution in [2.24, 2.45) is 5.92 Å². The highest BCUT2D eigenvalue weighted by molar-refractivity contribution is 6.62. The van der Waals surface area contributed by atoms with E-state index in [-0.39, 0.29) is 0 Å². The number of nitrogens with one attached hydrogen (secondary N) is 2. The van der Waals surface area contributed by atoms with Gasteiger partial charge in [-0.2, -0.15) is 0 Å². The summed E-state index contributed by atoms with van der Waals surface area (Å²) in [6, 6.07) is 1.09. The van der Waals surface area contributed by atoms with Gasteiger partial charge in [0, 0.05) is 26.3 Å².